The Morgan fingerprint density at radius 1 is 1.11 bits per heavy atom. The van der Waals surface area contributed by atoms with E-state index in [2.05, 4.69) is 0 Å². The first-order valence-corrected chi connectivity index (χ1v) is 7.31. The minimum atomic E-state index is -0.217. The topological polar surface area (TPSA) is 40.5 Å². The van der Waals surface area contributed by atoms with Crippen LogP contribution in [0.25, 0.3) is 0 Å². The van der Waals surface area contributed by atoms with Crippen LogP contribution in [0.5, 0.6) is 0 Å². The van der Waals surface area contributed by atoms with Crippen molar-refractivity contribution in [2.24, 2.45) is 5.92 Å². The fraction of sp³-hybridized carbons (Fsp3) is 0.562. The number of aliphatic hydroxyl groups is 1. The van der Waals surface area contributed by atoms with Crippen LogP contribution in [-0.2, 0) is 0 Å². The van der Waals surface area contributed by atoms with E-state index >= 15 is 0 Å². The monoisotopic (exact) mass is 259 g/mol. The Morgan fingerprint density at radius 3 is 2.63 bits per heavy atom. The molecule has 1 aromatic carbocycles. The van der Waals surface area contributed by atoms with E-state index in [0.717, 1.165) is 24.8 Å². The molecule has 1 aromatic rings. The molecule has 0 bridgehead atoms. The second kappa shape index (κ2) is 5.33. The van der Waals surface area contributed by atoms with E-state index in [1.807, 2.05) is 35.2 Å². The number of piperidine rings is 1. The van der Waals surface area contributed by atoms with Gasteiger partial charge in [-0.25, -0.2) is 0 Å². The van der Waals surface area contributed by atoms with E-state index in [1.54, 1.807) is 0 Å². The van der Waals surface area contributed by atoms with Crippen molar-refractivity contribution >= 4 is 5.91 Å². The van der Waals surface area contributed by atoms with Crippen LogP contribution in [0.4, 0.5) is 0 Å². The van der Waals surface area contributed by atoms with Crippen molar-refractivity contribution in [3.63, 3.8) is 0 Å². The zero-order valence-electron chi connectivity index (χ0n) is 11.2. The predicted molar refractivity (Wildman–Crippen MR) is 73.8 cm³/mol. The number of fused-ring (bicyclic) bond motifs is 1. The highest BCUT2D eigenvalue weighted by Crippen LogP contribution is 2.36. The van der Waals surface area contributed by atoms with Crippen LogP contribution < -0.4 is 0 Å². The highest BCUT2D eigenvalue weighted by atomic mass is 16.3. The molecule has 1 saturated carbocycles. The Balaban J connectivity index is 1.82. The van der Waals surface area contributed by atoms with Gasteiger partial charge in [0.25, 0.3) is 5.91 Å². The lowest BCUT2D eigenvalue weighted by Gasteiger charge is -2.46. The molecule has 3 nitrogen and oxygen atoms in total. The van der Waals surface area contributed by atoms with Gasteiger partial charge in [0.05, 0.1) is 6.10 Å². The highest BCUT2D eigenvalue weighted by molar-refractivity contribution is 5.94. The van der Waals surface area contributed by atoms with Crippen molar-refractivity contribution in [3.8, 4) is 0 Å². The van der Waals surface area contributed by atoms with Crippen LogP contribution in [0.15, 0.2) is 30.3 Å². The number of likely N-dealkylation sites (tertiary alicyclic amines) is 1. The Bertz CT molecular complexity index is 445. The predicted octanol–water partition coefficient (Wildman–Crippen LogP) is 2.45. The largest absolute Gasteiger partial charge is 0.393 e. The molecule has 1 saturated heterocycles. The summed E-state index contributed by atoms with van der Waals surface area (Å²) in [6, 6.07) is 9.75. The van der Waals surface area contributed by atoms with Crippen molar-refractivity contribution < 1.29 is 9.90 Å². The number of hydrogen-bond acceptors (Lipinski definition) is 2. The second-order valence-electron chi connectivity index (χ2n) is 5.74. The average molecular weight is 259 g/mol. The first kappa shape index (κ1) is 12.7. The number of benzene rings is 1. The summed E-state index contributed by atoms with van der Waals surface area (Å²) in [7, 11) is 0. The fourth-order valence-corrected chi connectivity index (χ4v) is 3.63. The molecule has 1 heterocycles. The summed E-state index contributed by atoms with van der Waals surface area (Å²) in [4.78, 5) is 14.6. The second-order valence-corrected chi connectivity index (χ2v) is 5.74. The first-order valence-electron chi connectivity index (χ1n) is 7.31. The molecule has 3 heteroatoms. The third-order valence-corrected chi connectivity index (χ3v) is 4.62. The van der Waals surface area contributed by atoms with Gasteiger partial charge in [-0.05, 0) is 31.4 Å². The van der Waals surface area contributed by atoms with E-state index in [0.29, 0.717) is 6.54 Å². The SMILES string of the molecule is O=C(c1ccccc1)N1CC[C@@H](O)[C@@H]2CCCC[C@@H]21. The third-order valence-electron chi connectivity index (χ3n) is 4.62. The van der Waals surface area contributed by atoms with Crippen molar-refractivity contribution in [3.05, 3.63) is 35.9 Å². The molecule has 0 aromatic heterocycles. The molecule has 1 aliphatic heterocycles. The van der Waals surface area contributed by atoms with Gasteiger partial charge in [0.2, 0.25) is 0 Å². The van der Waals surface area contributed by atoms with E-state index in [-0.39, 0.29) is 24.0 Å². The Kier molecular flexibility index (Phi) is 3.56. The van der Waals surface area contributed by atoms with Gasteiger partial charge in [-0.3, -0.25) is 4.79 Å². The summed E-state index contributed by atoms with van der Waals surface area (Å²) in [5, 5.41) is 10.1. The first-order chi connectivity index (χ1) is 9.27. The zero-order valence-corrected chi connectivity index (χ0v) is 11.2. The normalized spacial score (nSPS) is 30.8. The molecular formula is C16H21NO2. The maximum atomic E-state index is 12.6. The van der Waals surface area contributed by atoms with Gasteiger partial charge in [0, 0.05) is 24.1 Å². The van der Waals surface area contributed by atoms with Crippen LogP contribution in [0, 0.1) is 5.92 Å². The molecule has 2 aliphatic rings. The summed E-state index contributed by atoms with van der Waals surface area (Å²) >= 11 is 0. The molecule has 3 rings (SSSR count). The Hall–Kier alpha value is -1.35. The number of nitrogens with zero attached hydrogens (tertiary/aromatic N) is 1. The number of hydrogen-bond donors (Lipinski definition) is 1. The maximum absolute atomic E-state index is 12.6. The highest BCUT2D eigenvalue weighted by Gasteiger charge is 2.40. The molecule has 1 N–H and O–H groups in total. The van der Waals surface area contributed by atoms with Crippen LogP contribution in [0.3, 0.4) is 0 Å². The minimum absolute atomic E-state index is 0.129. The van der Waals surface area contributed by atoms with Gasteiger partial charge in [0.1, 0.15) is 0 Å². The fourth-order valence-electron chi connectivity index (χ4n) is 3.63. The van der Waals surface area contributed by atoms with Crippen molar-refractivity contribution in [1.29, 1.82) is 0 Å². The summed E-state index contributed by atoms with van der Waals surface area (Å²) in [5.74, 6) is 0.416. The lowest BCUT2D eigenvalue weighted by Crippen LogP contribution is -2.54. The quantitative estimate of drug-likeness (QED) is 0.841. The number of carbonyl (C=O) groups excluding carboxylic acids is 1. The van der Waals surface area contributed by atoms with Crippen molar-refractivity contribution in [2.45, 2.75) is 44.2 Å². The lowest BCUT2D eigenvalue weighted by atomic mass is 9.76. The average Bonchev–Trinajstić information content (AvgIpc) is 2.48. The van der Waals surface area contributed by atoms with Crippen molar-refractivity contribution in [1.82, 2.24) is 4.90 Å². The molecule has 1 amide bonds. The molecule has 0 radical (unpaired) electrons. The van der Waals surface area contributed by atoms with Crippen LogP contribution in [0.1, 0.15) is 42.5 Å². The van der Waals surface area contributed by atoms with E-state index in [4.69, 9.17) is 0 Å². The summed E-state index contributed by atoms with van der Waals surface area (Å²) in [5.41, 5.74) is 0.767. The molecule has 1 aliphatic carbocycles. The smallest absolute Gasteiger partial charge is 0.254 e. The molecule has 2 fully saturated rings. The maximum Gasteiger partial charge on any atom is 0.254 e. The molecular weight excluding hydrogens is 238 g/mol. The molecule has 0 spiro atoms. The lowest BCUT2D eigenvalue weighted by molar-refractivity contribution is -0.0262. The van der Waals surface area contributed by atoms with Gasteiger partial charge >= 0.3 is 0 Å². The van der Waals surface area contributed by atoms with Crippen LogP contribution >= 0.6 is 0 Å². The van der Waals surface area contributed by atoms with Crippen LogP contribution in [0.2, 0.25) is 0 Å². The Labute approximate surface area is 114 Å². The van der Waals surface area contributed by atoms with Crippen LogP contribution in [-0.4, -0.2) is 34.6 Å². The van der Waals surface area contributed by atoms with E-state index in [1.165, 1.54) is 12.8 Å². The standard InChI is InChI=1S/C16H21NO2/c18-15-10-11-17(14-9-5-4-8-13(14)15)16(19)12-6-2-1-3-7-12/h1-3,6-7,13-15,18H,4-5,8-11H2/t13-,14+,15-/m1/s1. The summed E-state index contributed by atoms with van der Waals surface area (Å²) in [6.45, 7) is 0.691. The van der Waals surface area contributed by atoms with Gasteiger partial charge < -0.3 is 10.0 Å². The van der Waals surface area contributed by atoms with Gasteiger partial charge in [-0.15, -0.1) is 0 Å². The zero-order chi connectivity index (χ0) is 13.2. The Morgan fingerprint density at radius 2 is 1.84 bits per heavy atom. The molecule has 3 atom stereocenters. The van der Waals surface area contributed by atoms with Gasteiger partial charge in [0.15, 0.2) is 0 Å². The summed E-state index contributed by atoms with van der Waals surface area (Å²) < 4.78 is 0. The van der Waals surface area contributed by atoms with E-state index < -0.39 is 0 Å². The number of rotatable bonds is 1. The van der Waals surface area contributed by atoms with Gasteiger partial charge in [-0.2, -0.15) is 0 Å². The molecule has 102 valence electrons. The minimum Gasteiger partial charge on any atom is -0.393 e. The molecule has 19 heavy (non-hydrogen) atoms. The van der Waals surface area contributed by atoms with Crippen molar-refractivity contribution in [2.75, 3.05) is 6.54 Å². The number of carbonyl (C=O) groups is 1. The van der Waals surface area contributed by atoms with E-state index in [9.17, 15) is 9.90 Å². The number of amides is 1. The molecule has 0 unspecified atom stereocenters. The summed E-state index contributed by atoms with van der Waals surface area (Å²) in [6.07, 6.45) is 4.97. The third kappa shape index (κ3) is 2.39. The van der Waals surface area contributed by atoms with Gasteiger partial charge in [-0.1, -0.05) is 31.0 Å². The number of aliphatic hydroxyl groups excluding tert-OH is 1.